The Labute approximate surface area is 117 Å². The van der Waals surface area contributed by atoms with Gasteiger partial charge in [0.05, 0.1) is 6.20 Å². The molecule has 0 amide bonds. The van der Waals surface area contributed by atoms with Crippen molar-refractivity contribution in [3.63, 3.8) is 0 Å². The summed E-state index contributed by atoms with van der Waals surface area (Å²) in [6.45, 7) is -0.240. The van der Waals surface area contributed by atoms with Crippen LogP contribution in [0.4, 0.5) is 8.78 Å². The summed E-state index contributed by atoms with van der Waals surface area (Å²) in [5.74, 6) is -2.91. The molecular formula is C10H8ClF2N3O3S. The smallest absolute Gasteiger partial charge is 0.265 e. The maximum Gasteiger partial charge on any atom is 0.265 e. The number of benzene rings is 1. The van der Waals surface area contributed by atoms with Crippen molar-refractivity contribution in [1.82, 2.24) is 15.0 Å². The van der Waals surface area contributed by atoms with Crippen molar-refractivity contribution in [3.05, 3.63) is 35.7 Å². The van der Waals surface area contributed by atoms with Crippen molar-refractivity contribution in [1.29, 1.82) is 0 Å². The molecule has 108 valence electrons. The molecule has 10 heteroatoms. The molecule has 1 heterocycles. The molecule has 0 radical (unpaired) electrons. The van der Waals surface area contributed by atoms with E-state index in [0.29, 0.717) is 17.8 Å². The van der Waals surface area contributed by atoms with E-state index >= 15 is 0 Å². The van der Waals surface area contributed by atoms with Crippen LogP contribution in [-0.2, 0) is 22.7 Å². The van der Waals surface area contributed by atoms with Gasteiger partial charge in [0.1, 0.15) is 23.0 Å². The Balaban J connectivity index is 2.35. The van der Waals surface area contributed by atoms with E-state index in [1.54, 1.807) is 7.05 Å². The van der Waals surface area contributed by atoms with Crippen molar-refractivity contribution in [2.45, 2.75) is 11.5 Å². The fourth-order valence-corrected chi connectivity index (χ4v) is 2.44. The molecule has 0 atom stereocenters. The van der Waals surface area contributed by atoms with Crippen LogP contribution >= 0.6 is 10.7 Å². The molecule has 0 aliphatic heterocycles. The Bertz CT molecular complexity index is 748. The van der Waals surface area contributed by atoms with Crippen molar-refractivity contribution in [2.75, 3.05) is 0 Å². The summed E-state index contributed by atoms with van der Waals surface area (Å²) in [5.41, 5.74) is 0.342. The number of aromatic nitrogens is 3. The number of hydrogen-bond donors (Lipinski definition) is 0. The van der Waals surface area contributed by atoms with Gasteiger partial charge in [-0.2, -0.15) is 0 Å². The van der Waals surface area contributed by atoms with E-state index in [2.05, 4.69) is 10.3 Å². The summed E-state index contributed by atoms with van der Waals surface area (Å²) < 4.78 is 55.7. The lowest BCUT2D eigenvalue weighted by Gasteiger charge is -2.09. The molecule has 0 saturated carbocycles. The Hall–Kier alpha value is -1.74. The lowest BCUT2D eigenvalue weighted by molar-refractivity contribution is 0.276. The second-order valence-corrected chi connectivity index (χ2v) is 6.36. The van der Waals surface area contributed by atoms with E-state index in [1.807, 2.05) is 0 Å². The highest BCUT2D eigenvalue weighted by molar-refractivity contribution is 8.13. The average molecular weight is 324 g/mol. The van der Waals surface area contributed by atoms with Gasteiger partial charge < -0.3 is 4.74 Å². The highest BCUT2D eigenvalue weighted by Crippen LogP contribution is 2.31. The summed E-state index contributed by atoms with van der Waals surface area (Å²) in [7, 11) is 2.38. The van der Waals surface area contributed by atoms with Crippen molar-refractivity contribution in [3.8, 4) is 5.75 Å². The lowest BCUT2D eigenvalue weighted by Crippen LogP contribution is -2.04. The van der Waals surface area contributed by atoms with Gasteiger partial charge in [-0.15, -0.1) is 5.10 Å². The van der Waals surface area contributed by atoms with Gasteiger partial charge in [-0.3, -0.25) is 4.68 Å². The minimum atomic E-state index is -4.35. The van der Waals surface area contributed by atoms with Gasteiger partial charge in [-0.1, -0.05) is 5.21 Å². The Morgan fingerprint density at radius 2 is 2.10 bits per heavy atom. The van der Waals surface area contributed by atoms with Gasteiger partial charge >= 0.3 is 0 Å². The van der Waals surface area contributed by atoms with E-state index in [1.165, 1.54) is 10.9 Å². The first-order valence-corrected chi connectivity index (χ1v) is 7.50. The van der Waals surface area contributed by atoms with Gasteiger partial charge in [0.25, 0.3) is 9.05 Å². The summed E-state index contributed by atoms with van der Waals surface area (Å²) >= 11 is 0. The molecular weight excluding hydrogens is 316 g/mol. The van der Waals surface area contributed by atoms with Gasteiger partial charge in [0.15, 0.2) is 11.6 Å². The van der Waals surface area contributed by atoms with Gasteiger partial charge in [0.2, 0.25) is 0 Å². The number of nitrogens with zero attached hydrogens (tertiary/aromatic N) is 3. The predicted octanol–water partition coefficient (Wildman–Crippen LogP) is 1.60. The van der Waals surface area contributed by atoms with Crippen LogP contribution in [-0.4, -0.2) is 23.4 Å². The predicted molar refractivity (Wildman–Crippen MR) is 64.7 cm³/mol. The third kappa shape index (κ3) is 3.23. The van der Waals surface area contributed by atoms with Gasteiger partial charge in [-0.25, -0.2) is 17.2 Å². The van der Waals surface area contributed by atoms with E-state index in [0.717, 1.165) is 0 Å². The zero-order valence-electron chi connectivity index (χ0n) is 10.0. The fourth-order valence-electron chi connectivity index (χ4n) is 1.47. The molecule has 0 aliphatic rings. The normalized spacial score (nSPS) is 11.6. The van der Waals surface area contributed by atoms with Gasteiger partial charge in [-0.05, 0) is 6.07 Å². The van der Waals surface area contributed by atoms with Crippen LogP contribution < -0.4 is 4.74 Å². The topological polar surface area (TPSA) is 74.1 Å². The second-order valence-electron chi connectivity index (χ2n) is 3.82. The van der Waals surface area contributed by atoms with Crippen LogP contribution in [0.15, 0.2) is 23.2 Å². The highest BCUT2D eigenvalue weighted by atomic mass is 35.7. The number of rotatable bonds is 4. The van der Waals surface area contributed by atoms with Crippen LogP contribution in [0, 0.1) is 11.6 Å². The molecule has 0 fully saturated rings. The Morgan fingerprint density at radius 3 is 2.65 bits per heavy atom. The molecule has 0 unspecified atom stereocenters. The highest BCUT2D eigenvalue weighted by Gasteiger charge is 2.22. The zero-order valence-corrected chi connectivity index (χ0v) is 11.6. The Kier molecular flexibility index (Phi) is 3.91. The summed E-state index contributed by atoms with van der Waals surface area (Å²) in [6, 6.07) is 1.08. The molecule has 1 aromatic heterocycles. The molecule has 0 aliphatic carbocycles. The lowest BCUT2D eigenvalue weighted by atomic mass is 10.3. The summed E-state index contributed by atoms with van der Waals surface area (Å²) in [5, 5.41) is 7.30. The summed E-state index contributed by atoms with van der Waals surface area (Å²) in [6.07, 6.45) is 1.50. The Morgan fingerprint density at radius 1 is 1.40 bits per heavy atom. The number of aryl methyl sites for hydroxylation is 1. The second kappa shape index (κ2) is 5.33. The third-order valence-corrected chi connectivity index (χ3v) is 3.58. The number of halogens is 3. The fraction of sp³-hybridized carbons (Fsp3) is 0.200. The van der Waals surface area contributed by atoms with E-state index in [9.17, 15) is 17.2 Å². The molecule has 2 rings (SSSR count). The van der Waals surface area contributed by atoms with Crippen LogP contribution in [0.25, 0.3) is 0 Å². The molecule has 2 aromatic rings. The van der Waals surface area contributed by atoms with Crippen LogP contribution in [0.5, 0.6) is 5.75 Å². The molecule has 0 bridgehead atoms. The first kappa shape index (κ1) is 14.7. The first-order valence-electron chi connectivity index (χ1n) is 5.19. The third-order valence-electron chi connectivity index (χ3n) is 2.25. The number of hydrogen-bond acceptors (Lipinski definition) is 5. The first-order chi connectivity index (χ1) is 9.27. The average Bonchev–Trinajstić information content (AvgIpc) is 2.72. The van der Waals surface area contributed by atoms with Crippen molar-refractivity contribution in [2.24, 2.45) is 7.05 Å². The van der Waals surface area contributed by atoms with Gasteiger partial charge in [0, 0.05) is 23.8 Å². The minimum absolute atomic E-state index is 0.240. The summed E-state index contributed by atoms with van der Waals surface area (Å²) in [4.78, 5) is -0.777. The minimum Gasteiger partial charge on any atom is -0.483 e. The molecule has 1 aromatic carbocycles. The maximum absolute atomic E-state index is 13.6. The van der Waals surface area contributed by atoms with Crippen LogP contribution in [0.2, 0.25) is 0 Å². The van der Waals surface area contributed by atoms with E-state index < -0.39 is 31.3 Å². The zero-order chi connectivity index (χ0) is 14.9. The SMILES string of the molecule is Cn1cc(COc2c(F)cc(F)cc2S(=O)(=O)Cl)nn1. The molecule has 6 nitrogen and oxygen atoms in total. The maximum atomic E-state index is 13.6. The molecule has 0 spiro atoms. The number of ether oxygens (including phenoxy) is 1. The molecule has 20 heavy (non-hydrogen) atoms. The van der Waals surface area contributed by atoms with Crippen LogP contribution in [0.3, 0.4) is 0 Å². The van der Waals surface area contributed by atoms with Crippen molar-refractivity contribution < 1.29 is 21.9 Å². The van der Waals surface area contributed by atoms with E-state index in [-0.39, 0.29) is 6.61 Å². The van der Waals surface area contributed by atoms with Crippen LogP contribution in [0.1, 0.15) is 5.69 Å². The monoisotopic (exact) mass is 323 g/mol. The molecule has 0 N–H and O–H groups in total. The standard InChI is InChI=1S/C10H8ClF2N3O3S/c1-16-4-7(14-15-16)5-19-10-8(13)2-6(12)3-9(10)20(11,17)18/h2-4H,5H2,1H3. The largest absolute Gasteiger partial charge is 0.483 e. The van der Waals surface area contributed by atoms with E-state index in [4.69, 9.17) is 15.4 Å². The van der Waals surface area contributed by atoms with Crippen molar-refractivity contribution >= 4 is 19.7 Å². The molecule has 0 saturated heterocycles. The quantitative estimate of drug-likeness (QED) is 0.799.